The van der Waals surface area contributed by atoms with E-state index in [4.69, 9.17) is 4.74 Å². The third-order valence-corrected chi connectivity index (χ3v) is 2.10. The Morgan fingerprint density at radius 1 is 1.38 bits per heavy atom. The van der Waals surface area contributed by atoms with E-state index in [0.29, 0.717) is 0 Å². The van der Waals surface area contributed by atoms with Gasteiger partial charge in [-0.2, -0.15) is 0 Å². The van der Waals surface area contributed by atoms with Crippen LogP contribution in [-0.2, 0) is 4.74 Å². The molecule has 1 rings (SSSR count). The van der Waals surface area contributed by atoms with Crippen molar-refractivity contribution in [1.82, 2.24) is 10.2 Å². The molecule has 0 amide bonds. The van der Waals surface area contributed by atoms with Crippen molar-refractivity contribution in [2.75, 3.05) is 45.9 Å². The lowest BCUT2D eigenvalue weighted by Crippen LogP contribution is -2.40. The number of nitrogens with zero attached hydrogens (tertiary/aromatic N) is 1. The van der Waals surface area contributed by atoms with Crippen LogP contribution in [0.4, 0.5) is 0 Å². The Hall–Kier alpha value is -0.560. The number of hydrogen-bond acceptors (Lipinski definition) is 3. The van der Waals surface area contributed by atoms with Gasteiger partial charge in [-0.05, 0) is 6.92 Å². The molecular weight excluding hydrogens is 164 g/mol. The summed E-state index contributed by atoms with van der Waals surface area (Å²) in [4.78, 5) is 2.41. The highest BCUT2D eigenvalue weighted by molar-refractivity contribution is 4.96. The second kappa shape index (κ2) is 6.90. The Balaban J connectivity index is 1.94. The molecule has 0 radical (unpaired) electrons. The predicted octanol–water partition coefficient (Wildman–Crippen LogP) is -0.0685. The van der Waals surface area contributed by atoms with Gasteiger partial charge in [0, 0.05) is 26.2 Å². The van der Waals surface area contributed by atoms with Crippen LogP contribution in [0.1, 0.15) is 6.92 Å². The van der Waals surface area contributed by atoms with Crippen LogP contribution in [0.3, 0.4) is 0 Å². The molecule has 0 aromatic carbocycles. The summed E-state index contributed by atoms with van der Waals surface area (Å²) in [5.41, 5.74) is 0. The number of hydrogen-bond donors (Lipinski definition) is 1. The Bertz CT molecular complexity index is 177. The topological polar surface area (TPSA) is 24.5 Å². The fraction of sp³-hybridized carbons (Fsp3) is 0.800. The van der Waals surface area contributed by atoms with Gasteiger partial charge in [0.05, 0.1) is 19.8 Å². The summed E-state index contributed by atoms with van der Waals surface area (Å²) in [7, 11) is 0. The van der Waals surface area contributed by atoms with Gasteiger partial charge in [-0.1, -0.05) is 5.92 Å². The Morgan fingerprint density at radius 2 is 2.15 bits per heavy atom. The van der Waals surface area contributed by atoms with E-state index in [1.165, 1.54) is 0 Å². The van der Waals surface area contributed by atoms with Gasteiger partial charge >= 0.3 is 0 Å². The molecule has 0 atom stereocenters. The van der Waals surface area contributed by atoms with E-state index in [0.717, 1.165) is 45.9 Å². The summed E-state index contributed by atoms with van der Waals surface area (Å²) in [6.07, 6.45) is 0. The molecule has 1 N–H and O–H groups in total. The maximum Gasteiger partial charge on any atom is 0.0594 e. The SMILES string of the molecule is CC#CCNCCN1CCOCC1. The third-order valence-electron chi connectivity index (χ3n) is 2.10. The molecular formula is C10H18N2O. The second-order valence-corrected chi connectivity index (χ2v) is 3.06. The molecule has 1 aliphatic heterocycles. The smallest absolute Gasteiger partial charge is 0.0594 e. The highest BCUT2D eigenvalue weighted by Crippen LogP contribution is 1.94. The van der Waals surface area contributed by atoms with Crippen LogP contribution >= 0.6 is 0 Å². The molecule has 3 heteroatoms. The summed E-state index contributed by atoms with van der Waals surface area (Å²) in [5, 5.41) is 3.28. The molecule has 13 heavy (non-hydrogen) atoms. The summed E-state index contributed by atoms with van der Waals surface area (Å²) < 4.78 is 5.26. The monoisotopic (exact) mass is 182 g/mol. The summed E-state index contributed by atoms with van der Waals surface area (Å²) >= 11 is 0. The van der Waals surface area contributed by atoms with Crippen LogP contribution in [0.2, 0.25) is 0 Å². The first-order valence-electron chi connectivity index (χ1n) is 4.84. The fourth-order valence-electron chi connectivity index (χ4n) is 1.30. The zero-order valence-electron chi connectivity index (χ0n) is 8.31. The first kappa shape index (κ1) is 10.5. The molecule has 1 heterocycles. The lowest BCUT2D eigenvalue weighted by Gasteiger charge is -2.26. The van der Waals surface area contributed by atoms with Gasteiger partial charge in [0.15, 0.2) is 0 Å². The Labute approximate surface area is 80.4 Å². The average molecular weight is 182 g/mol. The molecule has 1 fully saturated rings. The standard InChI is InChI=1S/C10H18N2O/c1-2-3-4-11-5-6-12-7-9-13-10-8-12/h11H,4-10H2,1H3. The molecule has 0 spiro atoms. The van der Waals surface area contributed by atoms with Gasteiger partial charge < -0.3 is 10.1 Å². The van der Waals surface area contributed by atoms with E-state index >= 15 is 0 Å². The van der Waals surface area contributed by atoms with Gasteiger partial charge in [0.25, 0.3) is 0 Å². The van der Waals surface area contributed by atoms with Gasteiger partial charge in [-0.15, -0.1) is 5.92 Å². The van der Waals surface area contributed by atoms with Crippen LogP contribution < -0.4 is 5.32 Å². The van der Waals surface area contributed by atoms with E-state index in [1.807, 2.05) is 6.92 Å². The molecule has 0 unspecified atom stereocenters. The molecule has 0 bridgehead atoms. The van der Waals surface area contributed by atoms with Crippen LogP contribution in [0, 0.1) is 11.8 Å². The minimum Gasteiger partial charge on any atom is -0.379 e. The van der Waals surface area contributed by atoms with Crippen LogP contribution in [0.5, 0.6) is 0 Å². The summed E-state index contributed by atoms with van der Waals surface area (Å²) in [6.45, 7) is 8.71. The van der Waals surface area contributed by atoms with Crippen molar-refractivity contribution in [2.24, 2.45) is 0 Å². The first-order chi connectivity index (χ1) is 6.43. The van der Waals surface area contributed by atoms with Gasteiger partial charge in [0.1, 0.15) is 0 Å². The number of rotatable bonds is 4. The third kappa shape index (κ3) is 4.89. The fourth-order valence-corrected chi connectivity index (χ4v) is 1.30. The van der Waals surface area contributed by atoms with E-state index in [2.05, 4.69) is 22.1 Å². The van der Waals surface area contributed by atoms with Gasteiger partial charge in [-0.25, -0.2) is 0 Å². The lowest BCUT2D eigenvalue weighted by molar-refractivity contribution is 0.0385. The summed E-state index contributed by atoms with van der Waals surface area (Å²) in [5.74, 6) is 5.84. The molecule has 0 saturated carbocycles. The molecule has 3 nitrogen and oxygen atoms in total. The maximum absolute atomic E-state index is 5.26. The molecule has 0 aromatic rings. The van der Waals surface area contributed by atoms with Crippen molar-refractivity contribution >= 4 is 0 Å². The summed E-state index contributed by atoms with van der Waals surface area (Å²) in [6, 6.07) is 0. The zero-order chi connectivity index (χ0) is 9.36. The highest BCUT2D eigenvalue weighted by atomic mass is 16.5. The molecule has 74 valence electrons. The normalized spacial score (nSPS) is 17.9. The van der Waals surface area contributed by atoms with Crippen molar-refractivity contribution in [3.8, 4) is 11.8 Å². The largest absolute Gasteiger partial charge is 0.379 e. The Morgan fingerprint density at radius 3 is 2.85 bits per heavy atom. The maximum atomic E-state index is 5.26. The quantitative estimate of drug-likeness (QED) is 0.486. The van der Waals surface area contributed by atoms with Crippen LogP contribution in [0.25, 0.3) is 0 Å². The highest BCUT2D eigenvalue weighted by Gasteiger charge is 2.08. The van der Waals surface area contributed by atoms with E-state index in [9.17, 15) is 0 Å². The molecule has 1 aliphatic rings. The van der Waals surface area contributed by atoms with Crippen molar-refractivity contribution in [2.45, 2.75) is 6.92 Å². The van der Waals surface area contributed by atoms with Gasteiger partial charge in [0.2, 0.25) is 0 Å². The van der Waals surface area contributed by atoms with E-state index < -0.39 is 0 Å². The number of nitrogens with one attached hydrogen (secondary N) is 1. The molecule has 1 saturated heterocycles. The molecule has 0 aliphatic carbocycles. The van der Waals surface area contributed by atoms with E-state index in [1.54, 1.807) is 0 Å². The molecule has 0 aromatic heterocycles. The zero-order valence-corrected chi connectivity index (χ0v) is 8.31. The van der Waals surface area contributed by atoms with Crippen LogP contribution in [-0.4, -0.2) is 50.8 Å². The predicted molar refractivity (Wildman–Crippen MR) is 53.6 cm³/mol. The van der Waals surface area contributed by atoms with Crippen molar-refractivity contribution in [3.63, 3.8) is 0 Å². The van der Waals surface area contributed by atoms with Crippen molar-refractivity contribution in [3.05, 3.63) is 0 Å². The minimum absolute atomic E-state index is 0.806. The van der Waals surface area contributed by atoms with Crippen molar-refractivity contribution in [1.29, 1.82) is 0 Å². The Kier molecular flexibility index (Phi) is 5.59. The second-order valence-electron chi connectivity index (χ2n) is 3.06. The number of morpholine rings is 1. The van der Waals surface area contributed by atoms with Crippen molar-refractivity contribution < 1.29 is 4.74 Å². The first-order valence-corrected chi connectivity index (χ1v) is 4.84. The van der Waals surface area contributed by atoms with E-state index in [-0.39, 0.29) is 0 Å². The minimum atomic E-state index is 0.806. The number of ether oxygens (including phenoxy) is 1. The van der Waals surface area contributed by atoms with Crippen LogP contribution in [0.15, 0.2) is 0 Å². The lowest BCUT2D eigenvalue weighted by atomic mass is 10.4. The average Bonchev–Trinajstić information content (AvgIpc) is 2.19. The van der Waals surface area contributed by atoms with Gasteiger partial charge in [-0.3, -0.25) is 4.90 Å².